The lowest BCUT2D eigenvalue weighted by molar-refractivity contribution is -0.394. The van der Waals surface area contributed by atoms with E-state index in [1.54, 1.807) is 0 Å². The number of nitrogens with one attached hydrogen (secondary N) is 1. The summed E-state index contributed by atoms with van der Waals surface area (Å²) in [6, 6.07) is 6.73. The minimum Gasteiger partial charge on any atom is -0.508 e. The highest BCUT2D eigenvalue weighted by molar-refractivity contribution is 5.86. The molecule has 2 aromatic carbocycles. The Morgan fingerprint density at radius 2 is 1.85 bits per heavy atom. The first-order chi connectivity index (χ1) is 12.3. The van der Waals surface area contributed by atoms with Crippen LogP contribution in [0, 0.1) is 20.2 Å². The van der Waals surface area contributed by atoms with Gasteiger partial charge in [-0.1, -0.05) is 0 Å². The minimum atomic E-state index is -0.812. The van der Waals surface area contributed by atoms with Crippen LogP contribution in [-0.4, -0.2) is 32.2 Å². The van der Waals surface area contributed by atoms with Gasteiger partial charge in [-0.25, -0.2) is 5.43 Å². The Morgan fingerprint density at radius 3 is 2.46 bits per heavy atom. The maximum absolute atomic E-state index is 11.9. The highest BCUT2D eigenvalue weighted by Crippen LogP contribution is 2.25. The maximum Gasteiger partial charge on any atom is 0.279 e. The van der Waals surface area contributed by atoms with Crippen LogP contribution in [0.5, 0.6) is 11.5 Å². The van der Waals surface area contributed by atoms with E-state index in [4.69, 9.17) is 5.11 Å². The van der Waals surface area contributed by atoms with E-state index in [9.17, 15) is 30.1 Å². The van der Waals surface area contributed by atoms with E-state index < -0.39 is 33.5 Å². The molecule has 26 heavy (non-hydrogen) atoms. The molecule has 11 heteroatoms. The van der Waals surface area contributed by atoms with Crippen LogP contribution in [0.25, 0.3) is 0 Å². The van der Waals surface area contributed by atoms with Crippen LogP contribution in [0.4, 0.5) is 11.4 Å². The molecule has 0 aromatic heterocycles. The summed E-state index contributed by atoms with van der Waals surface area (Å²) < 4.78 is 0. The Labute approximate surface area is 145 Å². The third-order valence-corrected chi connectivity index (χ3v) is 3.23. The molecule has 2 rings (SSSR count). The van der Waals surface area contributed by atoms with Gasteiger partial charge in [-0.05, 0) is 18.2 Å². The number of carbonyl (C=O) groups is 1. The molecule has 0 unspecified atom stereocenters. The van der Waals surface area contributed by atoms with Gasteiger partial charge in [0, 0.05) is 23.3 Å². The first-order valence-electron chi connectivity index (χ1n) is 7.03. The van der Waals surface area contributed by atoms with Gasteiger partial charge in [0.15, 0.2) is 0 Å². The van der Waals surface area contributed by atoms with Crippen LogP contribution in [-0.2, 0) is 11.2 Å². The fourth-order valence-electron chi connectivity index (χ4n) is 2.01. The van der Waals surface area contributed by atoms with E-state index in [1.165, 1.54) is 12.1 Å². The van der Waals surface area contributed by atoms with Crippen LogP contribution in [0.3, 0.4) is 0 Å². The Balaban J connectivity index is 2.09. The molecular formula is C15H12N4O7. The van der Waals surface area contributed by atoms with Crippen molar-refractivity contribution in [1.82, 2.24) is 5.43 Å². The summed E-state index contributed by atoms with van der Waals surface area (Å²) in [5, 5.41) is 44.0. The molecule has 1 amide bonds. The van der Waals surface area contributed by atoms with Gasteiger partial charge in [-0.2, -0.15) is 5.10 Å². The number of non-ortho nitro benzene ring substituents is 1. The molecule has 0 aliphatic heterocycles. The van der Waals surface area contributed by atoms with Crippen LogP contribution in [0.1, 0.15) is 11.1 Å². The van der Waals surface area contributed by atoms with Crippen molar-refractivity contribution in [1.29, 1.82) is 0 Å². The van der Waals surface area contributed by atoms with Crippen molar-refractivity contribution in [3.8, 4) is 11.5 Å². The zero-order valence-electron chi connectivity index (χ0n) is 13.0. The van der Waals surface area contributed by atoms with E-state index >= 15 is 0 Å². The summed E-state index contributed by atoms with van der Waals surface area (Å²) in [5.74, 6) is -1.10. The SMILES string of the molecule is O=C(Cc1ccc([N+](=O)[O-])cc1[N+](=O)[O-])N/N=C\c1ccc(O)cc1O. The standard InChI is InChI=1S/C15H12N4O7/c20-12-4-2-10(14(21)7-12)8-16-17-15(22)5-9-1-3-11(18(23)24)6-13(9)19(25)26/h1-4,6-8,20-21H,5H2,(H,17,22)/b16-8-. The summed E-state index contributed by atoms with van der Waals surface area (Å²) in [5.41, 5.74) is 1.34. The van der Waals surface area contributed by atoms with Crippen molar-refractivity contribution in [3.63, 3.8) is 0 Å². The zero-order chi connectivity index (χ0) is 19.3. The highest BCUT2D eigenvalue weighted by atomic mass is 16.6. The van der Waals surface area contributed by atoms with Crippen molar-refractivity contribution in [3.05, 3.63) is 67.8 Å². The molecular weight excluding hydrogens is 348 g/mol. The second kappa shape index (κ2) is 7.70. The van der Waals surface area contributed by atoms with Gasteiger partial charge in [-0.15, -0.1) is 0 Å². The number of phenols is 2. The van der Waals surface area contributed by atoms with Crippen LogP contribution in [0.2, 0.25) is 0 Å². The molecule has 0 fully saturated rings. The molecule has 0 heterocycles. The minimum absolute atomic E-state index is 0.0132. The lowest BCUT2D eigenvalue weighted by Crippen LogP contribution is -2.20. The fraction of sp³-hybridized carbons (Fsp3) is 0.0667. The molecule has 0 atom stereocenters. The number of aromatic hydroxyl groups is 2. The number of amides is 1. The quantitative estimate of drug-likeness (QED) is 0.399. The summed E-state index contributed by atoms with van der Waals surface area (Å²) in [7, 11) is 0. The van der Waals surface area contributed by atoms with Crippen molar-refractivity contribution < 1.29 is 24.9 Å². The van der Waals surface area contributed by atoms with Gasteiger partial charge in [0.25, 0.3) is 11.4 Å². The summed E-state index contributed by atoms with van der Waals surface area (Å²) in [4.78, 5) is 32.0. The smallest absolute Gasteiger partial charge is 0.279 e. The Bertz CT molecular complexity index is 911. The normalized spacial score (nSPS) is 10.6. The second-order valence-corrected chi connectivity index (χ2v) is 5.04. The van der Waals surface area contributed by atoms with Gasteiger partial charge in [0.1, 0.15) is 11.5 Å². The molecule has 0 spiro atoms. The largest absolute Gasteiger partial charge is 0.508 e. The molecule has 3 N–H and O–H groups in total. The number of benzene rings is 2. The molecule has 134 valence electrons. The molecule has 0 aliphatic carbocycles. The second-order valence-electron chi connectivity index (χ2n) is 5.04. The molecule has 11 nitrogen and oxygen atoms in total. The number of rotatable bonds is 6. The number of nitro groups is 2. The lowest BCUT2D eigenvalue weighted by Gasteiger charge is -2.03. The number of phenolic OH excluding ortho intramolecular Hbond substituents is 2. The highest BCUT2D eigenvalue weighted by Gasteiger charge is 2.20. The van der Waals surface area contributed by atoms with Crippen LogP contribution < -0.4 is 5.43 Å². The van der Waals surface area contributed by atoms with Gasteiger partial charge < -0.3 is 10.2 Å². The van der Waals surface area contributed by atoms with Crippen molar-refractivity contribution in [2.24, 2.45) is 5.10 Å². The summed E-state index contributed by atoms with van der Waals surface area (Å²) in [6.07, 6.45) is 0.699. The van der Waals surface area contributed by atoms with Gasteiger partial charge in [0.2, 0.25) is 5.91 Å². The molecule has 0 bridgehead atoms. The topological polar surface area (TPSA) is 168 Å². The van der Waals surface area contributed by atoms with Crippen molar-refractivity contribution >= 4 is 23.5 Å². The number of hydrazone groups is 1. The van der Waals surface area contributed by atoms with Gasteiger partial charge in [0.05, 0.1) is 28.5 Å². The Morgan fingerprint density at radius 1 is 1.12 bits per heavy atom. The third kappa shape index (κ3) is 4.50. The lowest BCUT2D eigenvalue weighted by atomic mass is 10.1. The summed E-state index contributed by atoms with van der Waals surface area (Å²) in [6.45, 7) is 0. The van der Waals surface area contributed by atoms with E-state index in [0.717, 1.165) is 30.5 Å². The number of nitrogens with zero attached hydrogens (tertiary/aromatic N) is 3. The predicted octanol–water partition coefficient (Wildman–Crippen LogP) is 1.61. The Hall–Kier alpha value is -4.02. The molecule has 0 radical (unpaired) electrons. The molecule has 2 aromatic rings. The Kier molecular flexibility index (Phi) is 5.43. The average Bonchev–Trinajstić information content (AvgIpc) is 2.56. The number of hydrogen-bond acceptors (Lipinski definition) is 8. The third-order valence-electron chi connectivity index (χ3n) is 3.23. The predicted molar refractivity (Wildman–Crippen MR) is 89.0 cm³/mol. The summed E-state index contributed by atoms with van der Waals surface area (Å²) >= 11 is 0. The average molecular weight is 360 g/mol. The van der Waals surface area contributed by atoms with Crippen LogP contribution in [0.15, 0.2) is 41.5 Å². The molecule has 0 saturated heterocycles. The van der Waals surface area contributed by atoms with Gasteiger partial charge in [-0.3, -0.25) is 25.0 Å². The van der Waals surface area contributed by atoms with Crippen molar-refractivity contribution in [2.45, 2.75) is 6.42 Å². The van der Waals surface area contributed by atoms with Gasteiger partial charge >= 0.3 is 0 Å². The zero-order valence-corrected chi connectivity index (χ0v) is 13.0. The van der Waals surface area contributed by atoms with E-state index in [-0.39, 0.29) is 22.6 Å². The number of nitro benzene ring substituents is 2. The monoisotopic (exact) mass is 360 g/mol. The number of hydrogen-bond donors (Lipinski definition) is 3. The maximum atomic E-state index is 11.9. The first-order valence-corrected chi connectivity index (χ1v) is 7.03. The van der Waals surface area contributed by atoms with E-state index in [2.05, 4.69) is 10.5 Å². The molecule has 0 saturated carbocycles. The van der Waals surface area contributed by atoms with Crippen LogP contribution >= 0.6 is 0 Å². The first kappa shape index (κ1) is 18.3. The number of carbonyl (C=O) groups excluding carboxylic acids is 1. The van der Waals surface area contributed by atoms with Crippen molar-refractivity contribution in [2.75, 3.05) is 0 Å². The van der Waals surface area contributed by atoms with E-state index in [1.807, 2.05) is 0 Å². The fourth-order valence-corrected chi connectivity index (χ4v) is 2.01. The van der Waals surface area contributed by atoms with E-state index in [0.29, 0.717) is 0 Å². The molecule has 0 aliphatic rings.